The fourth-order valence-corrected chi connectivity index (χ4v) is 4.98. The van der Waals surface area contributed by atoms with Gasteiger partial charge in [0.05, 0.1) is 0 Å². The van der Waals surface area contributed by atoms with Gasteiger partial charge in [0.15, 0.2) is 0 Å². The van der Waals surface area contributed by atoms with Crippen molar-refractivity contribution in [3.05, 3.63) is 12.3 Å². The van der Waals surface area contributed by atoms with Crippen molar-refractivity contribution in [2.45, 2.75) is 194 Å². The Labute approximate surface area is 221 Å². The highest BCUT2D eigenvalue weighted by molar-refractivity contribution is 4.83. The molecular weight excluding hydrogens is 430 g/mol. The van der Waals surface area contributed by atoms with Gasteiger partial charge in [-0.2, -0.15) is 0 Å². The van der Waals surface area contributed by atoms with Crippen LogP contribution in [0.5, 0.6) is 0 Å². The number of allylic oxidation sites excluding steroid dienone is 1. The lowest BCUT2D eigenvalue weighted by Crippen LogP contribution is -2.35. The minimum atomic E-state index is -0.648. The molecule has 0 aliphatic rings. The van der Waals surface area contributed by atoms with E-state index in [1.54, 1.807) is 18.7 Å². The summed E-state index contributed by atoms with van der Waals surface area (Å²) in [6, 6.07) is 0. The van der Waals surface area contributed by atoms with Gasteiger partial charge in [0.2, 0.25) is 0 Å². The van der Waals surface area contributed by atoms with Crippen molar-refractivity contribution in [2.75, 3.05) is 0 Å². The molecule has 0 aromatic heterocycles. The molecule has 0 aromatic carbocycles. The van der Waals surface area contributed by atoms with E-state index in [2.05, 4.69) is 13.0 Å². The van der Waals surface area contributed by atoms with Crippen LogP contribution in [-0.4, -0.2) is 27.6 Å². The maximum absolute atomic E-state index is 9.59. The Hall–Kier alpha value is -0.540. The molecule has 0 saturated carbocycles. The molecule has 0 radical (unpaired) electrons. The van der Waals surface area contributed by atoms with Crippen LogP contribution in [-0.2, 0) is 0 Å². The van der Waals surface area contributed by atoms with Gasteiger partial charge in [-0.25, -0.2) is 0 Å². The van der Waals surface area contributed by atoms with E-state index in [0.29, 0.717) is 0 Å². The highest BCUT2D eigenvalue weighted by atomic mass is 16.3. The SMILES string of the molecule is CCCCCCCCCCCCCCCCCCCCCCCCCCC=CN(C(C)O)C(C)O. The molecule has 0 saturated heterocycles. The molecule has 0 amide bonds. The zero-order valence-electron chi connectivity index (χ0n) is 24.3. The van der Waals surface area contributed by atoms with Crippen LogP contribution in [0.3, 0.4) is 0 Å². The minimum Gasteiger partial charge on any atom is -0.374 e. The summed E-state index contributed by atoms with van der Waals surface area (Å²) < 4.78 is 0. The molecule has 0 fully saturated rings. The van der Waals surface area contributed by atoms with Gasteiger partial charge in [-0.3, -0.25) is 0 Å². The van der Waals surface area contributed by atoms with Gasteiger partial charge in [0.1, 0.15) is 12.5 Å². The van der Waals surface area contributed by atoms with Gasteiger partial charge in [0.25, 0.3) is 0 Å². The summed E-state index contributed by atoms with van der Waals surface area (Å²) in [5, 5.41) is 19.2. The van der Waals surface area contributed by atoms with Gasteiger partial charge in [-0.05, 0) is 26.7 Å². The van der Waals surface area contributed by atoms with Crippen LogP contribution in [0.15, 0.2) is 12.3 Å². The second-order valence-corrected chi connectivity index (χ2v) is 11.0. The Morgan fingerprint density at radius 1 is 0.457 bits per heavy atom. The first-order chi connectivity index (χ1) is 17.1. The molecule has 35 heavy (non-hydrogen) atoms. The number of aliphatic hydroxyl groups is 2. The highest BCUT2D eigenvalue weighted by Crippen LogP contribution is 2.16. The Kier molecular flexibility index (Phi) is 27.6. The molecule has 210 valence electrons. The molecule has 0 spiro atoms. The quantitative estimate of drug-likeness (QED) is 0.0837. The second-order valence-electron chi connectivity index (χ2n) is 11.0. The summed E-state index contributed by atoms with van der Waals surface area (Å²) in [5.41, 5.74) is 0. The van der Waals surface area contributed by atoms with E-state index in [4.69, 9.17) is 0 Å². The maximum Gasteiger partial charge on any atom is 0.125 e. The first-order valence-electron chi connectivity index (χ1n) is 15.9. The average Bonchev–Trinajstić information content (AvgIpc) is 2.83. The molecule has 0 rings (SSSR count). The molecule has 3 heteroatoms. The van der Waals surface area contributed by atoms with Crippen LogP contribution in [0.1, 0.15) is 181 Å². The van der Waals surface area contributed by atoms with Crippen molar-refractivity contribution < 1.29 is 10.2 Å². The number of hydrogen-bond donors (Lipinski definition) is 2. The van der Waals surface area contributed by atoms with Gasteiger partial charge < -0.3 is 15.1 Å². The fourth-order valence-electron chi connectivity index (χ4n) is 4.98. The summed E-state index contributed by atoms with van der Waals surface area (Å²) in [5.74, 6) is 0. The van der Waals surface area contributed by atoms with Crippen molar-refractivity contribution in [1.29, 1.82) is 0 Å². The molecule has 3 nitrogen and oxygen atoms in total. The fraction of sp³-hybridized carbons (Fsp3) is 0.938. The third-order valence-electron chi connectivity index (χ3n) is 7.36. The molecule has 2 unspecified atom stereocenters. The van der Waals surface area contributed by atoms with Gasteiger partial charge in [-0.15, -0.1) is 0 Å². The van der Waals surface area contributed by atoms with Crippen molar-refractivity contribution >= 4 is 0 Å². The third kappa shape index (κ3) is 26.3. The van der Waals surface area contributed by atoms with E-state index in [0.717, 1.165) is 6.42 Å². The van der Waals surface area contributed by atoms with Crippen molar-refractivity contribution in [1.82, 2.24) is 4.90 Å². The zero-order chi connectivity index (χ0) is 25.8. The Bertz CT molecular complexity index is 414. The second kappa shape index (κ2) is 28.0. The van der Waals surface area contributed by atoms with Gasteiger partial charge in [-0.1, -0.05) is 161 Å². The van der Waals surface area contributed by atoms with E-state index in [1.165, 1.54) is 154 Å². The Balaban J connectivity index is 3.17. The largest absolute Gasteiger partial charge is 0.374 e. The monoisotopic (exact) mass is 496 g/mol. The van der Waals surface area contributed by atoms with Gasteiger partial charge >= 0.3 is 0 Å². The number of nitrogens with zero attached hydrogens (tertiary/aromatic N) is 1. The summed E-state index contributed by atoms with van der Waals surface area (Å²) >= 11 is 0. The minimum absolute atomic E-state index is 0.648. The summed E-state index contributed by atoms with van der Waals surface area (Å²) in [7, 11) is 0. The maximum atomic E-state index is 9.59. The van der Waals surface area contributed by atoms with Crippen LogP contribution in [0.2, 0.25) is 0 Å². The lowest BCUT2D eigenvalue weighted by molar-refractivity contribution is -0.0513. The van der Waals surface area contributed by atoms with E-state index in [-0.39, 0.29) is 0 Å². The molecule has 2 N–H and O–H groups in total. The zero-order valence-corrected chi connectivity index (χ0v) is 24.3. The standard InChI is InChI=1S/C32H65NO2/c1-4-5-6-7-8-9-10-11-12-13-14-15-16-17-18-19-20-21-22-23-24-25-26-27-28-29-30-33(31(2)34)32(3)35/h29-32,34-35H,4-28H2,1-3H3. The van der Waals surface area contributed by atoms with Crippen molar-refractivity contribution in [3.63, 3.8) is 0 Å². The third-order valence-corrected chi connectivity index (χ3v) is 7.36. The molecule has 0 bridgehead atoms. The van der Waals surface area contributed by atoms with Crippen LogP contribution in [0.4, 0.5) is 0 Å². The van der Waals surface area contributed by atoms with E-state index in [1.807, 2.05) is 6.20 Å². The molecule has 2 atom stereocenters. The van der Waals surface area contributed by atoms with Crippen molar-refractivity contribution in [3.8, 4) is 0 Å². The average molecular weight is 496 g/mol. The topological polar surface area (TPSA) is 43.7 Å². The Morgan fingerprint density at radius 2 is 0.714 bits per heavy atom. The first-order valence-corrected chi connectivity index (χ1v) is 15.9. The molecular formula is C32H65NO2. The molecule has 0 aliphatic heterocycles. The van der Waals surface area contributed by atoms with E-state index < -0.39 is 12.5 Å². The molecule has 0 aromatic rings. The van der Waals surface area contributed by atoms with Crippen LogP contribution >= 0.6 is 0 Å². The smallest absolute Gasteiger partial charge is 0.125 e. The number of unbranched alkanes of at least 4 members (excludes halogenated alkanes) is 24. The first kappa shape index (κ1) is 34.5. The molecule has 0 heterocycles. The number of aliphatic hydroxyl groups excluding tert-OH is 2. The van der Waals surface area contributed by atoms with E-state index in [9.17, 15) is 10.2 Å². The van der Waals surface area contributed by atoms with E-state index >= 15 is 0 Å². The van der Waals surface area contributed by atoms with Crippen molar-refractivity contribution in [2.24, 2.45) is 0 Å². The normalized spacial score (nSPS) is 13.5. The lowest BCUT2D eigenvalue weighted by atomic mass is 10.0. The predicted molar refractivity (Wildman–Crippen MR) is 155 cm³/mol. The molecule has 0 aliphatic carbocycles. The highest BCUT2D eigenvalue weighted by Gasteiger charge is 2.10. The van der Waals surface area contributed by atoms with Crippen LogP contribution in [0, 0.1) is 0 Å². The number of hydrogen-bond acceptors (Lipinski definition) is 3. The van der Waals surface area contributed by atoms with Crippen LogP contribution in [0.25, 0.3) is 0 Å². The summed E-state index contributed by atoms with van der Waals surface area (Å²) in [6.45, 7) is 5.65. The van der Waals surface area contributed by atoms with Gasteiger partial charge in [0, 0.05) is 6.20 Å². The lowest BCUT2D eigenvalue weighted by Gasteiger charge is -2.26. The predicted octanol–water partition coefficient (Wildman–Crippen LogP) is 10.3. The summed E-state index contributed by atoms with van der Waals surface area (Å²) in [4.78, 5) is 1.57. The number of rotatable bonds is 28. The summed E-state index contributed by atoms with van der Waals surface area (Å²) in [6.07, 6.45) is 37.8. The van der Waals surface area contributed by atoms with Crippen LogP contribution < -0.4 is 0 Å². The Morgan fingerprint density at radius 3 is 0.971 bits per heavy atom.